The molecule has 0 fully saturated rings. The molecule has 25 heavy (non-hydrogen) atoms. The molecule has 0 spiro atoms. The van der Waals surface area contributed by atoms with Gasteiger partial charge in [-0.2, -0.15) is 13.2 Å². The Kier molecular flexibility index (Phi) is 6.47. The topological polar surface area (TPSA) is 32.3 Å². The highest BCUT2D eigenvalue weighted by molar-refractivity contribution is 9.10. The summed E-state index contributed by atoms with van der Waals surface area (Å²) in [6.07, 6.45) is -3.86. The van der Waals surface area contributed by atoms with Crippen LogP contribution in [0.3, 0.4) is 0 Å². The number of rotatable bonds is 5. The Morgan fingerprint density at radius 3 is 2.16 bits per heavy atom. The fourth-order valence-corrected chi connectivity index (χ4v) is 2.51. The molecule has 0 aliphatic rings. The number of hydrogen-bond acceptors (Lipinski definition) is 1. The maximum absolute atomic E-state index is 12.5. The van der Waals surface area contributed by atoms with Crippen molar-refractivity contribution in [1.82, 2.24) is 10.2 Å². The molecule has 0 aromatic heterocycles. The molecule has 1 N–H and O–H groups in total. The van der Waals surface area contributed by atoms with Gasteiger partial charge in [0.15, 0.2) is 0 Å². The van der Waals surface area contributed by atoms with Crippen LogP contribution in [0.1, 0.15) is 16.7 Å². The highest BCUT2D eigenvalue weighted by Crippen LogP contribution is 2.29. The largest absolute Gasteiger partial charge is 0.416 e. The lowest BCUT2D eigenvalue weighted by atomic mass is 10.1. The van der Waals surface area contributed by atoms with Crippen molar-refractivity contribution in [3.05, 3.63) is 69.7 Å². The van der Waals surface area contributed by atoms with Crippen LogP contribution in [0.2, 0.25) is 0 Å². The summed E-state index contributed by atoms with van der Waals surface area (Å²) in [5.41, 5.74) is 1.07. The molecular formula is C18H18BrF3N2O. The quantitative estimate of drug-likeness (QED) is 0.744. The Labute approximate surface area is 153 Å². The number of alkyl halides is 3. The number of nitrogens with one attached hydrogen (secondary N) is 1. The molecule has 0 saturated heterocycles. The molecule has 0 bridgehead atoms. The van der Waals surface area contributed by atoms with Crippen LogP contribution in [0, 0.1) is 0 Å². The van der Waals surface area contributed by atoms with E-state index in [2.05, 4.69) is 21.2 Å². The van der Waals surface area contributed by atoms with E-state index in [1.165, 1.54) is 12.1 Å². The Balaban J connectivity index is 1.78. The smallest absolute Gasteiger partial charge is 0.338 e. The molecule has 134 valence electrons. The first kappa shape index (κ1) is 19.3. The minimum atomic E-state index is -4.33. The van der Waals surface area contributed by atoms with Crippen LogP contribution in [0.25, 0.3) is 0 Å². The summed E-state index contributed by atoms with van der Waals surface area (Å²) in [7, 11) is 1.69. The normalized spacial score (nSPS) is 11.2. The average molecular weight is 415 g/mol. The molecule has 0 unspecified atom stereocenters. The molecular weight excluding hydrogens is 397 g/mol. The van der Waals surface area contributed by atoms with Crippen molar-refractivity contribution >= 4 is 22.0 Å². The van der Waals surface area contributed by atoms with Crippen LogP contribution in [-0.2, 0) is 19.1 Å². The molecule has 0 atom stereocenters. The number of hydrogen-bond donors (Lipinski definition) is 1. The number of amides is 2. The lowest BCUT2D eigenvalue weighted by molar-refractivity contribution is -0.137. The first-order chi connectivity index (χ1) is 11.8. The second-order valence-corrected chi connectivity index (χ2v) is 6.57. The Hall–Kier alpha value is -2.02. The van der Waals surface area contributed by atoms with Crippen molar-refractivity contribution < 1.29 is 18.0 Å². The van der Waals surface area contributed by atoms with E-state index in [1.54, 1.807) is 11.9 Å². The third kappa shape index (κ3) is 6.08. The van der Waals surface area contributed by atoms with E-state index < -0.39 is 11.7 Å². The van der Waals surface area contributed by atoms with E-state index >= 15 is 0 Å². The van der Waals surface area contributed by atoms with Crippen molar-refractivity contribution in [2.24, 2.45) is 0 Å². The number of benzene rings is 2. The van der Waals surface area contributed by atoms with E-state index in [-0.39, 0.29) is 6.03 Å². The van der Waals surface area contributed by atoms with Gasteiger partial charge in [-0.25, -0.2) is 4.79 Å². The monoisotopic (exact) mass is 414 g/mol. The van der Waals surface area contributed by atoms with E-state index in [4.69, 9.17) is 0 Å². The lowest BCUT2D eigenvalue weighted by Crippen LogP contribution is -2.37. The van der Waals surface area contributed by atoms with E-state index in [0.717, 1.165) is 27.7 Å². The molecule has 2 aromatic rings. The van der Waals surface area contributed by atoms with Gasteiger partial charge in [0.25, 0.3) is 0 Å². The van der Waals surface area contributed by atoms with Gasteiger partial charge in [-0.05, 0) is 41.8 Å². The molecule has 7 heteroatoms. The summed E-state index contributed by atoms with van der Waals surface area (Å²) in [6, 6.07) is 12.4. The molecule has 0 heterocycles. The molecule has 2 rings (SSSR count). The van der Waals surface area contributed by atoms with Crippen LogP contribution in [0.4, 0.5) is 18.0 Å². The van der Waals surface area contributed by atoms with Gasteiger partial charge in [-0.1, -0.05) is 40.2 Å². The number of urea groups is 1. The van der Waals surface area contributed by atoms with E-state index in [0.29, 0.717) is 19.5 Å². The summed E-state index contributed by atoms with van der Waals surface area (Å²) in [5, 5.41) is 2.76. The van der Waals surface area contributed by atoms with Gasteiger partial charge in [0.05, 0.1) is 5.56 Å². The van der Waals surface area contributed by atoms with Gasteiger partial charge in [0.1, 0.15) is 0 Å². The second-order valence-electron chi connectivity index (χ2n) is 5.66. The fourth-order valence-electron chi connectivity index (χ4n) is 2.24. The molecule has 0 saturated carbocycles. The summed E-state index contributed by atoms with van der Waals surface area (Å²) >= 11 is 3.36. The fraction of sp³-hybridized carbons (Fsp3) is 0.278. The first-order valence-corrected chi connectivity index (χ1v) is 8.44. The Bertz CT molecular complexity index is 700. The van der Waals surface area contributed by atoms with Gasteiger partial charge in [0, 0.05) is 24.6 Å². The van der Waals surface area contributed by atoms with E-state index in [9.17, 15) is 18.0 Å². The maximum Gasteiger partial charge on any atom is 0.416 e. The van der Waals surface area contributed by atoms with Crippen LogP contribution < -0.4 is 5.32 Å². The standard InChI is InChI=1S/C18H18BrF3N2O/c1-24(12-14-4-8-16(19)9-5-14)17(25)23-11-10-13-2-6-15(7-3-13)18(20,21)22/h2-9H,10-12H2,1H3,(H,23,25). The van der Waals surface area contributed by atoms with Crippen molar-refractivity contribution in [2.45, 2.75) is 19.1 Å². The van der Waals surface area contributed by atoms with Crippen LogP contribution in [0.15, 0.2) is 53.0 Å². The van der Waals surface area contributed by atoms with Gasteiger partial charge in [-0.15, -0.1) is 0 Å². The van der Waals surface area contributed by atoms with Gasteiger partial charge >= 0.3 is 12.2 Å². The number of carbonyl (C=O) groups is 1. The number of halogens is 4. The van der Waals surface area contributed by atoms with Crippen molar-refractivity contribution in [2.75, 3.05) is 13.6 Å². The summed E-state index contributed by atoms with van der Waals surface area (Å²) in [6.45, 7) is 0.828. The molecule has 0 aliphatic heterocycles. The highest BCUT2D eigenvalue weighted by atomic mass is 79.9. The number of nitrogens with zero attached hydrogens (tertiary/aromatic N) is 1. The van der Waals surface area contributed by atoms with Crippen molar-refractivity contribution in [3.8, 4) is 0 Å². The zero-order valence-corrected chi connectivity index (χ0v) is 15.2. The molecule has 0 aliphatic carbocycles. The SMILES string of the molecule is CN(Cc1ccc(Br)cc1)C(=O)NCCc1ccc(C(F)(F)F)cc1. The summed E-state index contributed by atoms with van der Waals surface area (Å²) < 4.78 is 38.5. The van der Waals surface area contributed by atoms with Crippen LogP contribution in [-0.4, -0.2) is 24.5 Å². The summed E-state index contributed by atoms with van der Waals surface area (Å²) in [5.74, 6) is 0. The van der Waals surface area contributed by atoms with Gasteiger partial charge in [0.2, 0.25) is 0 Å². The molecule has 0 radical (unpaired) electrons. The third-order valence-electron chi connectivity index (χ3n) is 3.65. The predicted molar refractivity (Wildman–Crippen MR) is 94.2 cm³/mol. The second kappa shape index (κ2) is 8.38. The average Bonchev–Trinajstić information content (AvgIpc) is 2.56. The maximum atomic E-state index is 12.5. The zero-order chi connectivity index (χ0) is 18.4. The number of carbonyl (C=O) groups excluding carboxylic acids is 1. The minimum absolute atomic E-state index is 0.227. The molecule has 2 amide bonds. The van der Waals surface area contributed by atoms with Crippen LogP contribution in [0.5, 0.6) is 0 Å². The summed E-state index contributed by atoms with van der Waals surface area (Å²) in [4.78, 5) is 13.6. The Morgan fingerprint density at radius 1 is 1.04 bits per heavy atom. The van der Waals surface area contributed by atoms with Crippen LogP contribution >= 0.6 is 15.9 Å². The van der Waals surface area contributed by atoms with Crippen molar-refractivity contribution in [3.63, 3.8) is 0 Å². The van der Waals surface area contributed by atoms with Crippen molar-refractivity contribution in [1.29, 1.82) is 0 Å². The molecule has 3 nitrogen and oxygen atoms in total. The third-order valence-corrected chi connectivity index (χ3v) is 4.18. The van der Waals surface area contributed by atoms with Gasteiger partial charge < -0.3 is 10.2 Å². The lowest BCUT2D eigenvalue weighted by Gasteiger charge is -2.18. The molecule has 2 aromatic carbocycles. The highest BCUT2D eigenvalue weighted by Gasteiger charge is 2.29. The predicted octanol–water partition coefficient (Wildman–Crippen LogP) is 4.85. The minimum Gasteiger partial charge on any atom is -0.338 e. The first-order valence-electron chi connectivity index (χ1n) is 7.65. The van der Waals surface area contributed by atoms with Gasteiger partial charge in [-0.3, -0.25) is 0 Å². The zero-order valence-electron chi connectivity index (χ0n) is 13.6. The van der Waals surface area contributed by atoms with E-state index in [1.807, 2.05) is 24.3 Å². The Morgan fingerprint density at radius 2 is 1.60 bits per heavy atom.